The number of para-hydroxylation sites is 1. The largest absolute Gasteiger partial charge is 0.497 e. The van der Waals surface area contributed by atoms with Gasteiger partial charge in [-0.05, 0) is 53.6 Å². The third kappa shape index (κ3) is 3.23. The van der Waals surface area contributed by atoms with Gasteiger partial charge in [0.1, 0.15) is 17.2 Å². The summed E-state index contributed by atoms with van der Waals surface area (Å²) in [5.41, 5.74) is 3.76. The first-order chi connectivity index (χ1) is 16.6. The van der Waals surface area contributed by atoms with Gasteiger partial charge in [0, 0.05) is 23.1 Å². The van der Waals surface area contributed by atoms with Gasteiger partial charge in [0.2, 0.25) is 5.78 Å². The Labute approximate surface area is 195 Å². The van der Waals surface area contributed by atoms with Crippen LogP contribution in [-0.4, -0.2) is 23.8 Å². The molecule has 166 valence electrons. The zero-order valence-electron chi connectivity index (χ0n) is 18.3. The third-order valence-corrected chi connectivity index (χ3v) is 6.25. The minimum Gasteiger partial charge on any atom is -0.497 e. The van der Waals surface area contributed by atoms with Crippen LogP contribution in [0.5, 0.6) is 17.2 Å². The van der Waals surface area contributed by atoms with E-state index in [9.17, 15) is 9.59 Å². The Morgan fingerprint density at radius 2 is 1.79 bits per heavy atom. The molecule has 3 aromatic carbocycles. The van der Waals surface area contributed by atoms with E-state index in [-0.39, 0.29) is 29.9 Å². The van der Waals surface area contributed by atoms with E-state index in [1.165, 1.54) is 0 Å². The minimum atomic E-state index is -0.327. The number of rotatable bonds is 3. The highest BCUT2D eigenvalue weighted by Crippen LogP contribution is 2.49. The van der Waals surface area contributed by atoms with Crippen molar-refractivity contribution in [1.82, 2.24) is 4.98 Å². The number of esters is 1. The topological polar surface area (TPSA) is 74.7 Å². The Balaban J connectivity index is 1.48. The Kier molecular flexibility index (Phi) is 4.66. The van der Waals surface area contributed by atoms with Crippen LogP contribution in [0.25, 0.3) is 17.0 Å². The number of aromatic nitrogens is 1. The molecule has 3 heterocycles. The molecule has 0 amide bonds. The van der Waals surface area contributed by atoms with Crippen molar-refractivity contribution in [2.24, 2.45) is 0 Å². The summed E-state index contributed by atoms with van der Waals surface area (Å²) in [4.78, 5) is 30.1. The quantitative estimate of drug-likeness (QED) is 0.240. The molecule has 0 N–H and O–H groups in total. The Bertz CT molecular complexity index is 1500. The van der Waals surface area contributed by atoms with Crippen LogP contribution < -0.4 is 14.2 Å². The second-order valence-corrected chi connectivity index (χ2v) is 8.22. The van der Waals surface area contributed by atoms with E-state index in [0.29, 0.717) is 22.6 Å². The molecular weight excluding hydrogens is 430 g/mol. The molecule has 6 heteroatoms. The van der Waals surface area contributed by atoms with Gasteiger partial charge in [-0.15, -0.1) is 0 Å². The Hall–Kier alpha value is -4.45. The monoisotopic (exact) mass is 449 g/mol. The average molecular weight is 449 g/mol. The minimum absolute atomic E-state index is 0.145. The van der Waals surface area contributed by atoms with Crippen LogP contribution in [0.15, 0.2) is 78.7 Å². The average Bonchev–Trinajstić information content (AvgIpc) is 3.18. The maximum Gasteiger partial charge on any atom is 0.312 e. The lowest BCUT2D eigenvalue weighted by Gasteiger charge is -2.27. The van der Waals surface area contributed by atoms with E-state index in [2.05, 4.69) is 4.98 Å². The SMILES string of the molecule is COc1ccc(/C=C2\Oc3c(ccc4c3[C@@H](c3ccnc5ccccc35)CC(=O)O4)C2=O)cc1. The molecule has 6 rings (SSSR count). The van der Waals surface area contributed by atoms with Crippen molar-refractivity contribution < 1.29 is 23.8 Å². The van der Waals surface area contributed by atoms with Gasteiger partial charge in [-0.25, -0.2) is 0 Å². The third-order valence-electron chi connectivity index (χ3n) is 6.25. The maximum absolute atomic E-state index is 13.2. The van der Waals surface area contributed by atoms with Gasteiger partial charge in [0.05, 0.1) is 24.6 Å². The van der Waals surface area contributed by atoms with Gasteiger partial charge in [0.25, 0.3) is 0 Å². The number of hydrogen-bond donors (Lipinski definition) is 0. The molecule has 6 nitrogen and oxygen atoms in total. The number of ketones is 1. The summed E-state index contributed by atoms with van der Waals surface area (Å²) in [6.45, 7) is 0. The van der Waals surface area contributed by atoms with Crippen molar-refractivity contribution in [2.45, 2.75) is 12.3 Å². The van der Waals surface area contributed by atoms with E-state index in [0.717, 1.165) is 27.8 Å². The molecule has 0 aliphatic carbocycles. The molecule has 4 aromatic rings. The molecule has 1 atom stereocenters. The normalized spacial score (nSPS) is 17.8. The van der Waals surface area contributed by atoms with Crippen LogP contribution in [0.2, 0.25) is 0 Å². The van der Waals surface area contributed by atoms with Crippen molar-refractivity contribution in [3.8, 4) is 17.2 Å². The summed E-state index contributed by atoms with van der Waals surface area (Å²) in [7, 11) is 1.60. The molecule has 34 heavy (non-hydrogen) atoms. The number of carbonyl (C=O) groups excluding carboxylic acids is 2. The molecule has 0 unspecified atom stereocenters. The fourth-order valence-electron chi connectivity index (χ4n) is 4.65. The zero-order chi connectivity index (χ0) is 23.2. The lowest BCUT2D eigenvalue weighted by atomic mass is 9.83. The number of benzene rings is 3. The van der Waals surface area contributed by atoms with Gasteiger partial charge in [0.15, 0.2) is 5.76 Å². The standard InChI is InChI=1S/C28H19NO5/c1-32-17-8-6-16(7-9-17)14-24-27(31)20-10-11-23-26(28(20)34-24)21(15-25(30)33-23)18-12-13-29-22-5-3-2-4-19(18)22/h2-14,21H,15H2,1H3/b24-14-/t21-/m1/s1. The van der Waals surface area contributed by atoms with Crippen LogP contribution in [0.1, 0.15) is 39.4 Å². The van der Waals surface area contributed by atoms with E-state index in [1.54, 1.807) is 31.5 Å². The van der Waals surface area contributed by atoms with Gasteiger partial charge in [-0.1, -0.05) is 30.3 Å². The number of allylic oxidation sites excluding steroid dienone is 1. The summed E-state index contributed by atoms with van der Waals surface area (Å²) in [5.74, 6) is 0.962. The summed E-state index contributed by atoms with van der Waals surface area (Å²) >= 11 is 0. The number of pyridine rings is 1. The van der Waals surface area contributed by atoms with Gasteiger partial charge in [-0.3, -0.25) is 14.6 Å². The molecule has 0 radical (unpaired) electrons. The summed E-state index contributed by atoms with van der Waals surface area (Å²) in [6, 6.07) is 20.4. The molecule has 0 fully saturated rings. The molecule has 0 saturated carbocycles. The van der Waals surface area contributed by atoms with Crippen LogP contribution in [-0.2, 0) is 4.79 Å². The molecular formula is C28H19NO5. The van der Waals surface area contributed by atoms with Crippen molar-refractivity contribution in [1.29, 1.82) is 0 Å². The van der Waals surface area contributed by atoms with E-state index < -0.39 is 0 Å². The zero-order valence-corrected chi connectivity index (χ0v) is 18.3. The molecule has 2 aliphatic heterocycles. The number of ether oxygens (including phenoxy) is 3. The number of carbonyl (C=O) groups is 2. The fraction of sp³-hybridized carbons (Fsp3) is 0.107. The second-order valence-electron chi connectivity index (χ2n) is 8.22. The van der Waals surface area contributed by atoms with E-state index in [4.69, 9.17) is 14.2 Å². The van der Waals surface area contributed by atoms with Crippen LogP contribution in [0.4, 0.5) is 0 Å². The van der Waals surface area contributed by atoms with Crippen molar-refractivity contribution in [3.63, 3.8) is 0 Å². The van der Waals surface area contributed by atoms with E-state index in [1.807, 2.05) is 54.6 Å². The summed E-state index contributed by atoms with van der Waals surface area (Å²) in [6.07, 6.45) is 3.59. The number of fused-ring (bicyclic) bond motifs is 4. The number of methoxy groups -OCH3 is 1. The van der Waals surface area contributed by atoms with Crippen molar-refractivity contribution in [2.75, 3.05) is 7.11 Å². The second kappa shape index (κ2) is 7.85. The number of Topliss-reactive ketones (excluding diaryl/α,β-unsaturated/α-hetero) is 1. The first-order valence-electron chi connectivity index (χ1n) is 10.9. The van der Waals surface area contributed by atoms with Crippen LogP contribution in [0.3, 0.4) is 0 Å². The maximum atomic E-state index is 13.2. The Morgan fingerprint density at radius 3 is 2.62 bits per heavy atom. The number of nitrogens with zero attached hydrogens (tertiary/aromatic N) is 1. The van der Waals surface area contributed by atoms with E-state index >= 15 is 0 Å². The molecule has 0 bridgehead atoms. The smallest absolute Gasteiger partial charge is 0.312 e. The van der Waals surface area contributed by atoms with Crippen LogP contribution >= 0.6 is 0 Å². The van der Waals surface area contributed by atoms with Gasteiger partial charge < -0.3 is 14.2 Å². The van der Waals surface area contributed by atoms with Crippen LogP contribution in [0, 0.1) is 0 Å². The predicted molar refractivity (Wildman–Crippen MR) is 126 cm³/mol. The molecule has 2 aliphatic rings. The van der Waals surface area contributed by atoms with Crippen molar-refractivity contribution in [3.05, 3.63) is 101 Å². The molecule has 1 aromatic heterocycles. The highest BCUT2D eigenvalue weighted by atomic mass is 16.5. The molecule has 0 saturated heterocycles. The lowest BCUT2D eigenvalue weighted by molar-refractivity contribution is -0.135. The molecule has 0 spiro atoms. The number of hydrogen-bond acceptors (Lipinski definition) is 6. The first-order valence-corrected chi connectivity index (χ1v) is 10.9. The highest BCUT2D eigenvalue weighted by Gasteiger charge is 2.39. The highest BCUT2D eigenvalue weighted by molar-refractivity contribution is 6.15. The first kappa shape index (κ1) is 20.2. The Morgan fingerprint density at radius 1 is 0.971 bits per heavy atom. The summed E-state index contributed by atoms with van der Waals surface area (Å²) < 4.78 is 16.9. The van der Waals surface area contributed by atoms with Crippen molar-refractivity contribution >= 4 is 28.7 Å². The predicted octanol–water partition coefficient (Wildman–Crippen LogP) is 5.30. The van der Waals surface area contributed by atoms with Gasteiger partial charge >= 0.3 is 5.97 Å². The fourth-order valence-corrected chi connectivity index (χ4v) is 4.65. The van der Waals surface area contributed by atoms with Gasteiger partial charge in [-0.2, -0.15) is 0 Å². The lowest BCUT2D eigenvalue weighted by Crippen LogP contribution is -2.21. The summed E-state index contributed by atoms with van der Waals surface area (Å²) in [5, 5.41) is 0.951.